The Bertz CT molecular complexity index is 602. The van der Waals surface area contributed by atoms with E-state index < -0.39 is 4.20 Å². The van der Waals surface area contributed by atoms with Gasteiger partial charge in [-0.2, -0.15) is 5.10 Å². The molecule has 0 saturated heterocycles. The summed E-state index contributed by atoms with van der Waals surface area (Å²) in [5.41, 5.74) is 3.88. The zero-order valence-electron chi connectivity index (χ0n) is 12.6. The molecule has 0 aliphatic heterocycles. The molecular weight excluding hydrogens is 286 g/mol. The van der Waals surface area contributed by atoms with Gasteiger partial charge in [-0.05, 0) is 50.2 Å². The summed E-state index contributed by atoms with van der Waals surface area (Å²) in [6, 6.07) is 4.48. The fraction of sp³-hybridized carbons (Fsp3) is 0.533. The van der Waals surface area contributed by atoms with Crippen LogP contribution in [0, 0.1) is 0 Å². The number of nitrogens with zero attached hydrogens (tertiary/aromatic N) is 3. The number of benzene rings is 1. The van der Waals surface area contributed by atoms with Gasteiger partial charge in [-0.1, -0.05) is 13.8 Å². The first kappa shape index (κ1) is 15.7. The highest BCUT2D eigenvalue weighted by Gasteiger charge is 2.26. The third-order valence-electron chi connectivity index (χ3n) is 3.52. The topological polar surface area (TPSA) is 21.1 Å². The fourth-order valence-electron chi connectivity index (χ4n) is 2.60. The largest absolute Gasteiger partial charge is 0.305 e. The fourth-order valence-corrected chi connectivity index (χ4v) is 3.48. The van der Waals surface area contributed by atoms with Gasteiger partial charge in [-0.15, -0.1) is 25.3 Å². The first-order valence-electron chi connectivity index (χ1n) is 6.98. The minimum absolute atomic E-state index is 0.621. The summed E-state index contributed by atoms with van der Waals surface area (Å²) in [5.74, 6) is 0. The van der Waals surface area contributed by atoms with Crippen LogP contribution in [0.5, 0.6) is 0 Å². The van der Waals surface area contributed by atoms with Gasteiger partial charge in [-0.25, -0.2) is 4.68 Å². The molecule has 1 aromatic carbocycles. The van der Waals surface area contributed by atoms with Crippen molar-refractivity contribution in [3.63, 3.8) is 0 Å². The van der Waals surface area contributed by atoms with Crippen LogP contribution >= 0.6 is 25.3 Å². The van der Waals surface area contributed by atoms with Gasteiger partial charge in [0.05, 0.1) is 11.7 Å². The van der Waals surface area contributed by atoms with Crippen molar-refractivity contribution in [2.24, 2.45) is 0 Å². The molecule has 0 bridgehead atoms. The molecule has 0 atom stereocenters. The van der Waals surface area contributed by atoms with Gasteiger partial charge in [0.1, 0.15) is 0 Å². The van der Waals surface area contributed by atoms with Gasteiger partial charge in [0.2, 0.25) is 0 Å². The number of aryl methyl sites for hydroxylation is 2. The van der Waals surface area contributed by atoms with Crippen molar-refractivity contribution in [3.8, 4) is 0 Å². The van der Waals surface area contributed by atoms with Gasteiger partial charge in [-0.3, -0.25) is 0 Å². The summed E-state index contributed by atoms with van der Waals surface area (Å²) in [6.45, 7) is 5.08. The first-order valence-corrected chi connectivity index (χ1v) is 7.88. The quantitative estimate of drug-likeness (QED) is 0.654. The Morgan fingerprint density at radius 1 is 1.15 bits per heavy atom. The second kappa shape index (κ2) is 6.00. The third kappa shape index (κ3) is 3.00. The summed E-state index contributed by atoms with van der Waals surface area (Å²) < 4.78 is 1.29. The molecule has 3 nitrogen and oxygen atoms in total. The summed E-state index contributed by atoms with van der Waals surface area (Å²) in [6.07, 6.45) is 3.99. The molecule has 0 radical (unpaired) electrons. The lowest BCUT2D eigenvalue weighted by molar-refractivity contribution is 0.354. The van der Waals surface area contributed by atoms with Crippen molar-refractivity contribution >= 4 is 36.2 Å². The highest BCUT2D eigenvalue weighted by molar-refractivity contribution is 7.99. The summed E-state index contributed by atoms with van der Waals surface area (Å²) >= 11 is 9.39. The van der Waals surface area contributed by atoms with E-state index >= 15 is 0 Å². The minimum atomic E-state index is -0.621. The number of hydrogen-bond donors (Lipinski definition) is 2. The zero-order chi connectivity index (χ0) is 14.9. The molecule has 1 heterocycles. The molecule has 5 heteroatoms. The average molecular weight is 310 g/mol. The van der Waals surface area contributed by atoms with Crippen molar-refractivity contribution < 1.29 is 0 Å². The number of rotatable bonds is 5. The summed E-state index contributed by atoms with van der Waals surface area (Å²) in [4.78, 5) is 2.06. The van der Waals surface area contributed by atoms with E-state index in [9.17, 15) is 0 Å². The maximum atomic E-state index is 4.69. The number of likely N-dealkylation sites (N-methyl/N-ethyl adjacent to an activating group) is 1. The summed E-state index contributed by atoms with van der Waals surface area (Å²) in [7, 11) is 4.03. The maximum absolute atomic E-state index is 4.69. The van der Waals surface area contributed by atoms with Crippen molar-refractivity contribution in [1.82, 2.24) is 14.7 Å². The monoisotopic (exact) mass is 309 g/mol. The highest BCUT2D eigenvalue weighted by Crippen LogP contribution is 2.31. The standard InChI is InChI=1S/C15H23N3S2/c1-5-11-7-13-9-16-18(14(13)8-12(11)6-2)15(19,20)10-17(3)4/h7-9,19-20H,5-6,10H2,1-4H3. The van der Waals surface area contributed by atoms with E-state index in [2.05, 4.69) is 36.0 Å². The molecule has 110 valence electrons. The SMILES string of the molecule is CCc1cc2cnn(C(S)(S)CN(C)C)c2cc1CC. The van der Waals surface area contributed by atoms with Crippen LogP contribution in [-0.4, -0.2) is 35.3 Å². The number of hydrogen-bond acceptors (Lipinski definition) is 4. The van der Waals surface area contributed by atoms with Crippen LogP contribution in [0.15, 0.2) is 18.3 Å². The van der Waals surface area contributed by atoms with Crippen molar-refractivity contribution in [3.05, 3.63) is 29.5 Å². The van der Waals surface area contributed by atoms with E-state index in [0.29, 0.717) is 6.54 Å². The van der Waals surface area contributed by atoms with E-state index in [1.807, 2.05) is 25.0 Å². The van der Waals surface area contributed by atoms with Crippen LogP contribution in [0.1, 0.15) is 25.0 Å². The van der Waals surface area contributed by atoms with E-state index in [0.717, 1.165) is 23.7 Å². The molecule has 2 rings (SSSR count). The van der Waals surface area contributed by atoms with Crippen molar-refractivity contribution in [1.29, 1.82) is 0 Å². The van der Waals surface area contributed by atoms with E-state index in [1.54, 1.807) is 0 Å². The number of aromatic nitrogens is 2. The number of thiol groups is 2. The van der Waals surface area contributed by atoms with Gasteiger partial charge in [0.25, 0.3) is 0 Å². The summed E-state index contributed by atoms with van der Waals surface area (Å²) in [5, 5.41) is 5.67. The second-order valence-corrected chi connectivity index (χ2v) is 7.29. The van der Waals surface area contributed by atoms with E-state index in [1.165, 1.54) is 11.1 Å². The predicted octanol–water partition coefficient (Wildman–Crippen LogP) is 3.19. The molecule has 0 unspecified atom stereocenters. The molecule has 0 aliphatic carbocycles. The van der Waals surface area contributed by atoms with Crippen LogP contribution in [0.25, 0.3) is 10.9 Å². The lowest BCUT2D eigenvalue weighted by Gasteiger charge is -2.27. The number of fused-ring (bicyclic) bond motifs is 1. The van der Waals surface area contributed by atoms with Crippen LogP contribution in [0.3, 0.4) is 0 Å². The zero-order valence-corrected chi connectivity index (χ0v) is 14.4. The molecule has 0 saturated carbocycles. The Hall–Kier alpha value is -0.650. The molecule has 1 aromatic heterocycles. The van der Waals surface area contributed by atoms with Crippen molar-refractivity contribution in [2.75, 3.05) is 20.6 Å². The Morgan fingerprint density at radius 3 is 2.30 bits per heavy atom. The minimum Gasteiger partial charge on any atom is -0.305 e. The molecule has 2 aromatic rings. The predicted molar refractivity (Wildman–Crippen MR) is 93.0 cm³/mol. The Kier molecular flexibility index (Phi) is 4.72. The Labute approximate surface area is 132 Å². The van der Waals surface area contributed by atoms with Gasteiger partial charge < -0.3 is 4.90 Å². The smallest absolute Gasteiger partial charge is 0.161 e. The van der Waals surface area contributed by atoms with E-state index in [-0.39, 0.29) is 0 Å². The highest BCUT2D eigenvalue weighted by atomic mass is 32.2. The molecule has 0 fully saturated rings. The first-order chi connectivity index (χ1) is 9.39. The average Bonchev–Trinajstić information content (AvgIpc) is 2.78. The molecule has 20 heavy (non-hydrogen) atoms. The van der Waals surface area contributed by atoms with Gasteiger partial charge in [0, 0.05) is 11.9 Å². The Morgan fingerprint density at radius 2 is 1.75 bits per heavy atom. The van der Waals surface area contributed by atoms with Gasteiger partial charge in [0.15, 0.2) is 4.20 Å². The molecular formula is C15H23N3S2. The van der Waals surface area contributed by atoms with Crippen LogP contribution < -0.4 is 0 Å². The van der Waals surface area contributed by atoms with Crippen LogP contribution in [0.2, 0.25) is 0 Å². The lowest BCUT2D eigenvalue weighted by Crippen LogP contribution is -2.34. The normalized spacial score (nSPS) is 12.6. The van der Waals surface area contributed by atoms with Crippen LogP contribution in [-0.2, 0) is 17.0 Å². The second-order valence-electron chi connectivity index (χ2n) is 5.46. The maximum Gasteiger partial charge on any atom is 0.161 e. The van der Waals surface area contributed by atoms with E-state index in [4.69, 9.17) is 25.3 Å². The molecule has 0 aliphatic rings. The molecule has 0 amide bonds. The third-order valence-corrected chi connectivity index (χ3v) is 4.18. The lowest BCUT2D eigenvalue weighted by atomic mass is 10.0. The van der Waals surface area contributed by atoms with Gasteiger partial charge >= 0.3 is 0 Å². The molecule has 0 spiro atoms. The van der Waals surface area contributed by atoms with Crippen LogP contribution in [0.4, 0.5) is 0 Å². The van der Waals surface area contributed by atoms with Crippen molar-refractivity contribution in [2.45, 2.75) is 30.9 Å². The Balaban J connectivity index is 2.56. The molecule has 0 N–H and O–H groups in total.